The molecule has 0 aliphatic rings. The number of thioether (sulfide) groups is 2. The molecule has 0 heterocycles. The van der Waals surface area contributed by atoms with Crippen LogP contribution in [-0.2, 0) is 11.2 Å². The number of aliphatic hydroxyl groups excluding tert-OH is 2. The number of aliphatic hydroxyl groups is 2. The lowest BCUT2D eigenvalue weighted by Crippen LogP contribution is -1.98. The van der Waals surface area contributed by atoms with E-state index in [1.54, 1.807) is 23.5 Å². The smallest absolute Gasteiger partial charge is 0.303 e. The van der Waals surface area contributed by atoms with Crippen molar-refractivity contribution in [2.24, 2.45) is 0 Å². The minimum atomic E-state index is -0.807. The summed E-state index contributed by atoms with van der Waals surface area (Å²) in [7, 11) is 0. The average Bonchev–Trinajstić information content (AvgIpc) is 2.40. The summed E-state index contributed by atoms with van der Waals surface area (Å²) in [6.07, 6.45) is 0.605. The molecule has 0 bridgehead atoms. The van der Waals surface area contributed by atoms with Gasteiger partial charge in [-0.15, -0.1) is 23.5 Å². The fourth-order valence-corrected chi connectivity index (χ4v) is 3.14. The number of hydrogen-bond acceptors (Lipinski definition) is 5. The number of hydrogen-bond donors (Lipinski definition) is 3. The summed E-state index contributed by atoms with van der Waals surface area (Å²) < 4.78 is 0. The number of rotatable bonds is 9. The first-order chi connectivity index (χ1) is 9.15. The number of carboxylic acids is 1. The first-order valence-corrected chi connectivity index (χ1v) is 7.96. The van der Waals surface area contributed by atoms with Gasteiger partial charge in [0.2, 0.25) is 0 Å². The number of carboxylic acid groups (broad SMARTS) is 1. The van der Waals surface area contributed by atoms with Crippen molar-refractivity contribution in [1.29, 1.82) is 0 Å². The molecule has 0 radical (unpaired) electrons. The summed E-state index contributed by atoms with van der Waals surface area (Å²) >= 11 is 3.09. The molecule has 3 N–H and O–H groups in total. The van der Waals surface area contributed by atoms with Gasteiger partial charge in [-0.25, -0.2) is 0 Å². The predicted octanol–water partition coefficient (Wildman–Crippen LogP) is 1.87. The first kappa shape index (κ1) is 16.4. The summed E-state index contributed by atoms with van der Waals surface area (Å²) in [6.45, 7) is 0.228. The highest BCUT2D eigenvalue weighted by atomic mass is 32.2. The molecule has 0 saturated heterocycles. The molecule has 1 rings (SSSR count). The van der Waals surface area contributed by atoms with E-state index < -0.39 is 5.97 Å². The Hall–Kier alpha value is -0.690. The van der Waals surface area contributed by atoms with Crippen molar-refractivity contribution in [3.8, 4) is 0 Å². The lowest BCUT2D eigenvalue weighted by molar-refractivity contribution is -0.136. The molecule has 0 saturated carbocycles. The molecule has 0 spiro atoms. The zero-order valence-electron chi connectivity index (χ0n) is 10.5. The van der Waals surface area contributed by atoms with Crippen molar-refractivity contribution in [2.45, 2.75) is 22.6 Å². The highest BCUT2D eigenvalue weighted by Crippen LogP contribution is 2.27. The third-order valence-corrected chi connectivity index (χ3v) is 4.20. The molecule has 6 heteroatoms. The van der Waals surface area contributed by atoms with Gasteiger partial charge in [-0.1, -0.05) is 0 Å². The zero-order chi connectivity index (χ0) is 14.1. The van der Waals surface area contributed by atoms with Crippen LogP contribution in [0.2, 0.25) is 0 Å². The quantitative estimate of drug-likeness (QED) is 0.605. The van der Waals surface area contributed by atoms with Crippen LogP contribution in [0.5, 0.6) is 0 Å². The van der Waals surface area contributed by atoms with Gasteiger partial charge in [0, 0.05) is 27.7 Å². The monoisotopic (exact) mass is 302 g/mol. The van der Waals surface area contributed by atoms with E-state index in [0.29, 0.717) is 17.9 Å². The molecule has 19 heavy (non-hydrogen) atoms. The molecule has 0 aromatic heterocycles. The van der Waals surface area contributed by atoms with E-state index in [1.165, 1.54) is 0 Å². The zero-order valence-corrected chi connectivity index (χ0v) is 12.2. The molecule has 0 unspecified atom stereocenters. The minimum Gasteiger partial charge on any atom is -0.481 e. The molecule has 1 aromatic rings. The highest BCUT2D eigenvalue weighted by Gasteiger charge is 2.05. The standard InChI is InChI=1S/C13H18O4S2/c14-3-5-18-11-7-10(1-2-13(16)17)8-12(9-11)19-6-4-15/h7-9,14-15H,1-6H2,(H,16,17). The van der Waals surface area contributed by atoms with E-state index in [2.05, 4.69) is 0 Å². The largest absolute Gasteiger partial charge is 0.481 e. The number of aryl methyl sites for hydroxylation is 1. The van der Waals surface area contributed by atoms with Crippen LogP contribution in [0, 0.1) is 0 Å². The summed E-state index contributed by atoms with van der Waals surface area (Å²) in [5, 5.41) is 26.4. The van der Waals surface area contributed by atoms with Crippen LogP contribution in [0.3, 0.4) is 0 Å². The number of benzene rings is 1. The minimum absolute atomic E-state index is 0.109. The lowest BCUT2D eigenvalue weighted by Gasteiger charge is -2.08. The van der Waals surface area contributed by atoms with Crippen molar-refractivity contribution in [3.05, 3.63) is 23.8 Å². The van der Waals surface area contributed by atoms with Crippen molar-refractivity contribution in [3.63, 3.8) is 0 Å². The highest BCUT2D eigenvalue weighted by molar-refractivity contribution is 8.00. The summed E-state index contributed by atoms with van der Waals surface area (Å²) in [6, 6.07) is 5.93. The van der Waals surface area contributed by atoms with E-state index in [9.17, 15) is 4.79 Å². The van der Waals surface area contributed by atoms with E-state index in [0.717, 1.165) is 15.4 Å². The Morgan fingerprint density at radius 3 is 1.95 bits per heavy atom. The maximum Gasteiger partial charge on any atom is 0.303 e. The van der Waals surface area contributed by atoms with E-state index in [4.69, 9.17) is 15.3 Å². The Labute approximate surface area is 121 Å². The predicted molar refractivity (Wildman–Crippen MR) is 78.0 cm³/mol. The normalized spacial score (nSPS) is 10.6. The fraction of sp³-hybridized carbons (Fsp3) is 0.462. The van der Waals surface area contributed by atoms with Crippen LogP contribution in [0.1, 0.15) is 12.0 Å². The third kappa shape index (κ3) is 6.87. The molecule has 0 fully saturated rings. The first-order valence-electron chi connectivity index (χ1n) is 5.98. The Kier molecular flexibility index (Phi) is 7.97. The van der Waals surface area contributed by atoms with Crippen LogP contribution in [0.4, 0.5) is 0 Å². The number of carbonyl (C=O) groups is 1. The second-order valence-corrected chi connectivity index (χ2v) is 6.19. The van der Waals surface area contributed by atoms with E-state index in [1.807, 2.05) is 18.2 Å². The van der Waals surface area contributed by atoms with E-state index >= 15 is 0 Å². The maximum absolute atomic E-state index is 10.6. The van der Waals surface area contributed by atoms with Gasteiger partial charge >= 0.3 is 5.97 Å². The van der Waals surface area contributed by atoms with Gasteiger partial charge in [0.1, 0.15) is 0 Å². The Morgan fingerprint density at radius 2 is 1.53 bits per heavy atom. The van der Waals surface area contributed by atoms with Crippen LogP contribution >= 0.6 is 23.5 Å². The van der Waals surface area contributed by atoms with E-state index in [-0.39, 0.29) is 19.6 Å². The van der Waals surface area contributed by atoms with Crippen LogP contribution < -0.4 is 0 Å². The molecule has 0 amide bonds. The molecular formula is C13H18O4S2. The third-order valence-electron chi connectivity index (χ3n) is 2.29. The van der Waals surface area contributed by atoms with Crippen molar-refractivity contribution < 1.29 is 20.1 Å². The van der Waals surface area contributed by atoms with Crippen LogP contribution in [0.15, 0.2) is 28.0 Å². The van der Waals surface area contributed by atoms with Gasteiger partial charge in [-0.3, -0.25) is 4.79 Å². The fourth-order valence-electron chi connectivity index (χ4n) is 1.52. The van der Waals surface area contributed by atoms with Gasteiger partial charge in [0.15, 0.2) is 0 Å². The van der Waals surface area contributed by atoms with Gasteiger partial charge in [-0.2, -0.15) is 0 Å². The van der Waals surface area contributed by atoms with Crippen molar-refractivity contribution >= 4 is 29.5 Å². The molecular weight excluding hydrogens is 284 g/mol. The molecule has 4 nitrogen and oxygen atoms in total. The second-order valence-electron chi connectivity index (χ2n) is 3.85. The summed E-state index contributed by atoms with van der Waals surface area (Å²) in [5.41, 5.74) is 0.978. The Bertz CT molecular complexity index is 383. The van der Waals surface area contributed by atoms with Crippen LogP contribution in [-0.4, -0.2) is 46.0 Å². The Morgan fingerprint density at radius 1 is 1.00 bits per heavy atom. The lowest BCUT2D eigenvalue weighted by atomic mass is 10.1. The maximum atomic E-state index is 10.6. The van der Waals surface area contributed by atoms with Gasteiger partial charge in [0.25, 0.3) is 0 Å². The summed E-state index contributed by atoms with van der Waals surface area (Å²) in [4.78, 5) is 12.7. The van der Waals surface area contributed by atoms with Crippen molar-refractivity contribution in [2.75, 3.05) is 24.7 Å². The van der Waals surface area contributed by atoms with Crippen LogP contribution in [0.25, 0.3) is 0 Å². The molecule has 0 aliphatic carbocycles. The summed E-state index contributed by atoms with van der Waals surface area (Å²) in [5.74, 6) is 0.428. The molecule has 106 valence electrons. The van der Waals surface area contributed by atoms with Crippen molar-refractivity contribution in [1.82, 2.24) is 0 Å². The average molecular weight is 302 g/mol. The van der Waals surface area contributed by atoms with Gasteiger partial charge in [-0.05, 0) is 30.2 Å². The van der Waals surface area contributed by atoms with Gasteiger partial charge in [0.05, 0.1) is 13.2 Å². The topological polar surface area (TPSA) is 77.8 Å². The molecule has 0 aliphatic heterocycles. The molecule has 0 atom stereocenters. The molecule has 1 aromatic carbocycles. The second kappa shape index (κ2) is 9.25. The number of aliphatic carboxylic acids is 1. The SMILES string of the molecule is O=C(O)CCc1cc(SCCO)cc(SCCO)c1. The Balaban J connectivity index is 2.78. The van der Waals surface area contributed by atoms with Gasteiger partial charge < -0.3 is 15.3 Å².